The highest BCUT2D eigenvalue weighted by atomic mass is 35.5. The number of anilines is 1. The quantitative estimate of drug-likeness (QED) is 0.279. The van der Waals surface area contributed by atoms with Gasteiger partial charge in [0.2, 0.25) is 0 Å². The monoisotopic (exact) mass is 477 g/mol. The maximum absolute atomic E-state index is 12.6. The van der Waals surface area contributed by atoms with Crippen LogP contribution in [-0.4, -0.2) is 32.2 Å². The summed E-state index contributed by atoms with van der Waals surface area (Å²) in [6.07, 6.45) is 0. The molecule has 3 aromatic carbocycles. The molecule has 4 rings (SSSR count). The molecule has 0 aliphatic heterocycles. The Labute approximate surface area is 200 Å². The normalized spacial score (nSPS) is 10.7. The third-order valence-corrected chi connectivity index (χ3v) is 5.26. The summed E-state index contributed by atoms with van der Waals surface area (Å²) >= 11 is 6.06. The van der Waals surface area contributed by atoms with E-state index in [0.29, 0.717) is 18.1 Å². The van der Waals surface area contributed by atoms with Crippen molar-refractivity contribution in [2.24, 2.45) is 0 Å². The lowest BCUT2D eigenvalue weighted by Crippen LogP contribution is -2.12. The largest absolute Gasteiger partial charge is 0.463 e. The van der Waals surface area contributed by atoms with Gasteiger partial charge in [0.1, 0.15) is 0 Å². The number of rotatable bonds is 7. The van der Waals surface area contributed by atoms with E-state index in [9.17, 15) is 14.9 Å². The van der Waals surface area contributed by atoms with Crippen LogP contribution in [0.2, 0.25) is 5.02 Å². The van der Waals surface area contributed by atoms with Gasteiger partial charge in [0.15, 0.2) is 5.82 Å². The number of carbonyl (C=O) groups excluding carboxylic acids is 1. The molecule has 0 fully saturated rings. The summed E-state index contributed by atoms with van der Waals surface area (Å²) in [5.41, 5.74) is 3.21. The van der Waals surface area contributed by atoms with E-state index < -0.39 is 10.8 Å². The SMILES string of the molecule is CCOc1nc(-c2ccc(C)cc2)n(-c2ccc(NC(=O)c3ccc([N+](=O)[O-])cc3Cl)cc2)n1. The van der Waals surface area contributed by atoms with Crippen LogP contribution in [-0.2, 0) is 0 Å². The molecule has 1 N–H and O–H groups in total. The molecule has 0 bridgehead atoms. The van der Waals surface area contributed by atoms with Gasteiger partial charge in [-0.05, 0) is 44.2 Å². The second-order valence-electron chi connectivity index (χ2n) is 7.35. The van der Waals surface area contributed by atoms with Crippen LogP contribution in [0.3, 0.4) is 0 Å². The minimum absolute atomic E-state index is 0.00266. The first-order valence-electron chi connectivity index (χ1n) is 10.4. The number of hydrogen-bond acceptors (Lipinski definition) is 6. The highest BCUT2D eigenvalue weighted by Gasteiger charge is 2.17. The number of halogens is 1. The van der Waals surface area contributed by atoms with Gasteiger partial charge < -0.3 is 10.1 Å². The van der Waals surface area contributed by atoms with Gasteiger partial charge >= 0.3 is 6.01 Å². The van der Waals surface area contributed by atoms with E-state index in [1.54, 1.807) is 28.9 Å². The van der Waals surface area contributed by atoms with Crippen molar-refractivity contribution in [1.82, 2.24) is 14.8 Å². The maximum atomic E-state index is 12.6. The molecule has 0 spiro atoms. The number of hydrogen-bond donors (Lipinski definition) is 1. The fourth-order valence-electron chi connectivity index (χ4n) is 3.24. The van der Waals surface area contributed by atoms with Crippen LogP contribution >= 0.6 is 11.6 Å². The lowest BCUT2D eigenvalue weighted by atomic mass is 10.1. The number of nitrogens with zero attached hydrogens (tertiary/aromatic N) is 4. The van der Waals surface area contributed by atoms with Gasteiger partial charge in [-0.2, -0.15) is 4.98 Å². The van der Waals surface area contributed by atoms with Gasteiger partial charge in [0.25, 0.3) is 11.6 Å². The van der Waals surface area contributed by atoms with Crippen LogP contribution in [0.5, 0.6) is 6.01 Å². The van der Waals surface area contributed by atoms with Crippen molar-refractivity contribution >= 4 is 28.9 Å². The molecule has 0 saturated heterocycles. The molecule has 0 aliphatic carbocycles. The van der Waals surface area contributed by atoms with E-state index in [2.05, 4.69) is 15.4 Å². The zero-order valence-electron chi connectivity index (χ0n) is 18.4. The van der Waals surface area contributed by atoms with E-state index in [-0.39, 0.29) is 22.3 Å². The first kappa shape index (κ1) is 22.9. The molecule has 0 radical (unpaired) electrons. The Morgan fingerprint density at radius 1 is 1.12 bits per heavy atom. The number of amides is 1. The number of carbonyl (C=O) groups is 1. The fourth-order valence-corrected chi connectivity index (χ4v) is 3.50. The number of non-ortho nitro benzene ring substituents is 1. The van der Waals surface area contributed by atoms with Crippen molar-refractivity contribution in [1.29, 1.82) is 0 Å². The Hall–Kier alpha value is -4.24. The van der Waals surface area contributed by atoms with E-state index in [1.807, 2.05) is 38.1 Å². The third-order valence-electron chi connectivity index (χ3n) is 4.95. The van der Waals surface area contributed by atoms with Crippen LogP contribution in [0.1, 0.15) is 22.8 Å². The molecule has 9 nitrogen and oxygen atoms in total. The van der Waals surface area contributed by atoms with Crippen LogP contribution in [0.4, 0.5) is 11.4 Å². The van der Waals surface area contributed by atoms with Crippen LogP contribution in [0.25, 0.3) is 17.1 Å². The second kappa shape index (κ2) is 9.72. The average molecular weight is 478 g/mol. The Morgan fingerprint density at radius 3 is 2.44 bits per heavy atom. The van der Waals surface area contributed by atoms with Crippen LogP contribution in [0.15, 0.2) is 66.7 Å². The number of ether oxygens (including phenoxy) is 1. The molecular formula is C24H20ClN5O4. The van der Waals surface area contributed by atoms with E-state index in [4.69, 9.17) is 16.3 Å². The molecule has 1 amide bonds. The van der Waals surface area contributed by atoms with Crippen molar-refractivity contribution in [3.8, 4) is 23.1 Å². The molecular weight excluding hydrogens is 458 g/mol. The Bertz CT molecular complexity index is 1350. The van der Waals surface area contributed by atoms with Gasteiger partial charge in [-0.1, -0.05) is 41.4 Å². The second-order valence-corrected chi connectivity index (χ2v) is 7.76. The van der Waals surface area contributed by atoms with Crippen LogP contribution in [0, 0.1) is 17.0 Å². The minimum atomic E-state index is -0.571. The highest BCUT2D eigenvalue weighted by Crippen LogP contribution is 2.26. The molecule has 4 aromatic rings. The van der Waals surface area contributed by atoms with E-state index >= 15 is 0 Å². The number of nitrogens with one attached hydrogen (secondary N) is 1. The third kappa shape index (κ3) is 4.89. The molecule has 0 unspecified atom stereocenters. The fraction of sp³-hybridized carbons (Fsp3) is 0.125. The number of aryl methyl sites for hydroxylation is 1. The topological polar surface area (TPSA) is 112 Å². The van der Waals surface area contributed by atoms with Gasteiger partial charge in [0.05, 0.1) is 27.8 Å². The zero-order valence-corrected chi connectivity index (χ0v) is 19.1. The summed E-state index contributed by atoms with van der Waals surface area (Å²) < 4.78 is 7.17. The number of nitro benzene ring substituents is 1. The lowest BCUT2D eigenvalue weighted by molar-refractivity contribution is -0.384. The molecule has 1 aromatic heterocycles. The molecule has 0 aliphatic rings. The standard InChI is InChI=1S/C24H20ClN5O4/c1-3-34-24-27-22(16-6-4-15(2)5-7-16)29(28-24)18-10-8-17(9-11-18)26-23(31)20-13-12-19(30(32)33)14-21(20)25/h4-14H,3H2,1-2H3,(H,26,31). The molecule has 34 heavy (non-hydrogen) atoms. The predicted molar refractivity (Wildman–Crippen MR) is 129 cm³/mol. The first-order chi connectivity index (χ1) is 16.4. The van der Waals surface area contributed by atoms with E-state index in [0.717, 1.165) is 22.9 Å². The highest BCUT2D eigenvalue weighted by molar-refractivity contribution is 6.34. The molecule has 0 saturated carbocycles. The number of aromatic nitrogens is 3. The minimum Gasteiger partial charge on any atom is -0.463 e. The predicted octanol–water partition coefficient (Wildman–Crippen LogP) is 5.46. The zero-order chi connectivity index (χ0) is 24.2. The molecule has 10 heteroatoms. The maximum Gasteiger partial charge on any atom is 0.336 e. The molecule has 172 valence electrons. The number of benzene rings is 3. The van der Waals surface area contributed by atoms with E-state index in [1.165, 1.54) is 12.1 Å². The van der Waals surface area contributed by atoms with Gasteiger partial charge in [-0.25, -0.2) is 4.68 Å². The van der Waals surface area contributed by atoms with Crippen molar-refractivity contribution in [2.75, 3.05) is 11.9 Å². The smallest absolute Gasteiger partial charge is 0.336 e. The van der Waals surface area contributed by atoms with Crippen molar-refractivity contribution < 1.29 is 14.5 Å². The first-order valence-corrected chi connectivity index (χ1v) is 10.8. The summed E-state index contributed by atoms with van der Waals surface area (Å²) in [5, 5.41) is 18.1. The summed E-state index contributed by atoms with van der Waals surface area (Å²) in [7, 11) is 0. The van der Waals surface area contributed by atoms with Gasteiger partial charge in [0, 0.05) is 23.4 Å². The summed E-state index contributed by atoms with van der Waals surface area (Å²) in [6.45, 7) is 4.31. The molecule has 0 atom stereocenters. The summed E-state index contributed by atoms with van der Waals surface area (Å²) in [5.74, 6) is 0.144. The number of nitro groups is 1. The van der Waals surface area contributed by atoms with Gasteiger partial charge in [-0.15, -0.1) is 5.10 Å². The lowest BCUT2D eigenvalue weighted by Gasteiger charge is -2.09. The Balaban J connectivity index is 1.59. The average Bonchev–Trinajstić information content (AvgIpc) is 3.24. The van der Waals surface area contributed by atoms with Gasteiger partial charge in [-0.3, -0.25) is 14.9 Å². The summed E-state index contributed by atoms with van der Waals surface area (Å²) in [6, 6.07) is 18.9. The Morgan fingerprint density at radius 2 is 1.82 bits per heavy atom. The Kier molecular flexibility index (Phi) is 6.55. The summed E-state index contributed by atoms with van der Waals surface area (Å²) in [4.78, 5) is 27.4. The van der Waals surface area contributed by atoms with Crippen LogP contribution < -0.4 is 10.1 Å². The van der Waals surface area contributed by atoms with Crippen molar-refractivity contribution in [2.45, 2.75) is 13.8 Å². The van der Waals surface area contributed by atoms with Crippen molar-refractivity contribution in [3.63, 3.8) is 0 Å². The van der Waals surface area contributed by atoms with Crippen molar-refractivity contribution in [3.05, 3.63) is 93.0 Å². The molecule has 1 heterocycles.